The number of hydrazone groups is 1. The molecule has 2 amide bonds. The molecule has 0 spiro atoms. The van der Waals surface area contributed by atoms with E-state index in [0.29, 0.717) is 25.9 Å². The molecular weight excluding hydrogens is 220 g/mol. The number of amides is 2. The Morgan fingerprint density at radius 2 is 2.29 bits per heavy atom. The predicted molar refractivity (Wildman–Crippen MR) is 63.1 cm³/mol. The van der Waals surface area contributed by atoms with Gasteiger partial charge in [-0.3, -0.25) is 9.59 Å². The summed E-state index contributed by atoms with van der Waals surface area (Å²) in [6.07, 6.45) is 1.19. The van der Waals surface area contributed by atoms with Crippen molar-refractivity contribution in [3.8, 4) is 0 Å². The first-order valence-corrected chi connectivity index (χ1v) is 5.93. The molecule has 2 heterocycles. The van der Waals surface area contributed by atoms with Crippen LogP contribution in [0.4, 0.5) is 0 Å². The number of carbonyl (C=O) groups excluding carboxylic acids is 2. The van der Waals surface area contributed by atoms with E-state index >= 15 is 0 Å². The third kappa shape index (κ3) is 2.46. The predicted octanol–water partition coefficient (Wildman–Crippen LogP) is -0.694. The zero-order valence-electron chi connectivity index (χ0n) is 9.98. The highest BCUT2D eigenvalue weighted by molar-refractivity contribution is 6.06. The number of carbonyl (C=O) groups is 2. The molecule has 0 aromatic heterocycles. The zero-order valence-corrected chi connectivity index (χ0v) is 9.98. The second kappa shape index (κ2) is 4.83. The van der Waals surface area contributed by atoms with Gasteiger partial charge in [0.2, 0.25) is 11.8 Å². The van der Waals surface area contributed by atoms with E-state index in [-0.39, 0.29) is 23.7 Å². The molecule has 1 fully saturated rings. The molecule has 17 heavy (non-hydrogen) atoms. The maximum Gasteiger partial charge on any atom is 0.248 e. The Morgan fingerprint density at radius 1 is 1.53 bits per heavy atom. The van der Waals surface area contributed by atoms with E-state index in [1.807, 2.05) is 6.92 Å². The average Bonchev–Trinajstić information content (AvgIpc) is 2.81. The molecule has 2 aliphatic heterocycles. The second-order valence-corrected chi connectivity index (χ2v) is 4.72. The van der Waals surface area contributed by atoms with Gasteiger partial charge >= 0.3 is 0 Å². The van der Waals surface area contributed by atoms with Crippen LogP contribution in [0.1, 0.15) is 19.8 Å². The summed E-state index contributed by atoms with van der Waals surface area (Å²) in [5.41, 5.74) is 8.81. The summed E-state index contributed by atoms with van der Waals surface area (Å²) in [7, 11) is 0. The fourth-order valence-corrected chi connectivity index (χ4v) is 2.34. The maximum atomic E-state index is 11.7. The molecule has 0 aliphatic carbocycles. The molecule has 2 atom stereocenters. The zero-order chi connectivity index (χ0) is 12.4. The Hall–Kier alpha value is -1.43. The minimum atomic E-state index is -0.181. The lowest BCUT2D eigenvalue weighted by Crippen LogP contribution is -2.31. The van der Waals surface area contributed by atoms with Crippen LogP contribution in [0.2, 0.25) is 0 Å². The highest BCUT2D eigenvalue weighted by Gasteiger charge is 2.31. The van der Waals surface area contributed by atoms with Gasteiger partial charge in [0.15, 0.2) is 0 Å². The first-order chi connectivity index (χ1) is 8.11. The summed E-state index contributed by atoms with van der Waals surface area (Å²) >= 11 is 0. The number of hydrogen-bond donors (Lipinski definition) is 2. The molecule has 3 N–H and O–H groups in total. The number of nitrogens with zero attached hydrogens (tertiary/aromatic N) is 2. The Bertz CT molecular complexity index is 366. The van der Waals surface area contributed by atoms with Gasteiger partial charge in [-0.1, -0.05) is 0 Å². The highest BCUT2D eigenvalue weighted by Crippen LogP contribution is 2.19. The summed E-state index contributed by atoms with van der Waals surface area (Å²) in [4.78, 5) is 24.9. The van der Waals surface area contributed by atoms with Crippen LogP contribution in [0.15, 0.2) is 5.10 Å². The molecule has 1 saturated heterocycles. The Morgan fingerprint density at radius 3 is 2.82 bits per heavy atom. The largest absolute Gasteiger partial charge is 0.342 e. The van der Waals surface area contributed by atoms with Gasteiger partial charge in [-0.25, -0.2) is 5.43 Å². The molecule has 0 aromatic carbocycles. The molecule has 6 nitrogen and oxygen atoms in total. The monoisotopic (exact) mass is 238 g/mol. The van der Waals surface area contributed by atoms with Gasteiger partial charge in [0.1, 0.15) is 0 Å². The third-order valence-corrected chi connectivity index (χ3v) is 3.48. The molecule has 0 radical (unpaired) electrons. The van der Waals surface area contributed by atoms with E-state index < -0.39 is 0 Å². The third-order valence-electron chi connectivity index (χ3n) is 3.48. The number of likely N-dealkylation sites (tertiary alicyclic amines) is 1. The van der Waals surface area contributed by atoms with Crippen molar-refractivity contribution in [2.45, 2.75) is 19.8 Å². The van der Waals surface area contributed by atoms with Crippen molar-refractivity contribution < 1.29 is 9.59 Å². The molecule has 2 unspecified atom stereocenters. The SMILES string of the molecule is CC1=NNC(=O)C1CCN1CC(CN)CC1=O. The second-order valence-electron chi connectivity index (χ2n) is 4.72. The van der Waals surface area contributed by atoms with E-state index in [9.17, 15) is 9.59 Å². The molecule has 6 heteroatoms. The normalized spacial score (nSPS) is 28.6. The van der Waals surface area contributed by atoms with Gasteiger partial charge in [-0.2, -0.15) is 5.10 Å². The standard InChI is InChI=1S/C11H18N4O2/c1-7-9(11(17)14-13-7)2-3-15-6-8(5-12)4-10(15)16/h8-9H,2-6,12H2,1H3,(H,14,17). The van der Waals surface area contributed by atoms with Crippen LogP contribution < -0.4 is 11.2 Å². The van der Waals surface area contributed by atoms with Crippen LogP contribution in [0, 0.1) is 11.8 Å². The van der Waals surface area contributed by atoms with Gasteiger partial charge in [0, 0.05) is 25.2 Å². The van der Waals surface area contributed by atoms with Gasteiger partial charge in [0.05, 0.1) is 5.92 Å². The molecule has 0 bridgehead atoms. The fraction of sp³-hybridized carbons (Fsp3) is 0.727. The van der Waals surface area contributed by atoms with Gasteiger partial charge in [-0.05, 0) is 25.8 Å². The number of rotatable bonds is 4. The number of nitrogens with two attached hydrogens (primary N) is 1. The lowest BCUT2D eigenvalue weighted by Gasteiger charge is -2.18. The van der Waals surface area contributed by atoms with E-state index in [1.54, 1.807) is 4.90 Å². The fourth-order valence-electron chi connectivity index (χ4n) is 2.34. The van der Waals surface area contributed by atoms with E-state index in [4.69, 9.17) is 5.73 Å². The highest BCUT2D eigenvalue weighted by atomic mass is 16.2. The summed E-state index contributed by atoms with van der Waals surface area (Å²) in [6.45, 7) is 3.71. The van der Waals surface area contributed by atoms with Gasteiger partial charge in [-0.15, -0.1) is 0 Å². The Balaban J connectivity index is 1.85. The maximum absolute atomic E-state index is 11.7. The lowest BCUT2D eigenvalue weighted by molar-refractivity contribution is -0.128. The molecule has 2 rings (SSSR count). The number of nitrogens with one attached hydrogen (secondary N) is 1. The topological polar surface area (TPSA) is 87.8 Å². The summed E-state index contributed by atoms with van der Waals surface area (Å²) in [5.74, 6) is 0.173. The summed E-state index contributed by atoms with van der Waals surface area (Å²) < 4.78 is 0. The van der Waals surface area contributed by atoms with E-state index in [0.717, 1.165) is 12.3 Å². The van der Waals surface area contributed by atoms with Crippen LogP contribution in [-0.4, -0.2) is 42.1 Å². The minimum absolute atomic E-state index is 0.0653. The van der Waals surface area contributed by atoms with Crippen molar-refractivity contribution in [3.05, 3.63) is 0 Å². The van der Waals surface area contributed by atoms with Crippen LogP contribution in [0.25, 0.3) is 0 Å². The van der Waals surface area contributed by atoms with Crippen molar-refractivity contribution in [2.75, 3.05) is 19.6 Å². The quantitative estimate of drug-likeness (QED) is 0.679. The molecule has 0 aromatic rings. The number of hydrogen-bond acceptors (Lipinski definition) is 4. The van der Waals surface area contributed by atoms with Crippen LogP contribution in [-0.2, 0) is 9.59 Å². The van der Waals surface area contributed by atoms with Crippen molar-refractivity contribution in [1.82, 2.24) is 10.3 Å². The molecule has 0 saturated carbocycles. The van der Waals surface area contributed by atoms with Crippen molar-refractivity contribution in [2.24, 2.45) is 22.7 Å². The molecular formula is C11H18N4O2. The minimum Gasteiger partial charge on any atom is -0.342 e. The van der Waals surface area contributed by atoms with Crippen molar-refractivity contribution in [1.29, 1.82) is 0 Å². The van der Waals surface area contributed by atoms with Crippen LogP contribution >= 0.6 is 0 Å². The van der Waals surface area contributed by atoms with Gasteiger partial charge in [0.25, 0.3) is 0 Å². The first kappa shape index (κ1) is 12.0. The average molecular weight is 238 g/mol. The van der Waals surface area contributed by atoms with Crippen molar-refractivity contribution in [3.63, 3.8) is 0 Å². The summed E-state index contributed by atoms with van der Waals surface area (Å²) in [5, 5.41) is 3.89. The van der Waals surface area contributed by atoms with Crippen molar-refractivity contribution >= 4 is 17.5 Å². The Kier molecular flexibility index (Phi) is 3.42. The van der Waals surface area contributed by atoms with Crippen LogP contribution in [0.3, 0.4) is 0 Å². The van der Waals surface area contributed by atoms with E-state index in [2.05, 4.69) is 10.5 Å². The van der Waals surface area contributed by atoms with Crippen LogP contribution in [0.5, 0.6) is 0 Å². The van der Waals surface area contributed by atoms with E-state index in [1.165, 1.54) is 0 Å². The summed E-state index contributed by atoms with van der Waals surface area (Å²) in [6, 6.07) is 0. The Labute approximate surface area is 100 Å². The lowest BCUT2D eigenvalue weighted by atomic mass is 10.0. The smallest absolute Gasteiger partial charge is 0.248 e. The van der Waals surface area contributed by atoms with Gasteiger partial charge < -0.3 is 10.6 Å². The first-order valence-electron chi connectivity index (χ1n) is 5.93. The molecule has 94 valence electrons. The molecule has 2 aliphatic rings.